The fraction of sp³-hybridized carbons (Fsp3) is 1.00. The van der Waals surface area contributed by atoms with E-state index in [1.807, 2.05) is 0 Å². The molecule has 1 saturated carbocycles. The van der Waals surface area contributed by atoms with Gasteiger partial charge in [0.05, 0.1) is 18.8 Å². The molecule has 2 aliphatic rings. The number of aliphatic hydroxyl groups excluding tert-OH is 1. The summed E-state index contributed by atoms with van der Waals surface area (Å²) in [5.74, 6) is 2.12. The van der Waals surface area contributed by atoms with E-state index in [-0.39, 0.29) is 6.10 Å². The number of ether oxygens (including phenoxy) is 1. The number of hydrogen-bond acceptors (Lipinski definition) is 3. The Kier molecular flexibility index (Phi) is 6.31. The Morgan fingerprint density at radius 2 is 1.90 bits per heavy atom. The van der Waals surface area contributed by atoms with Crippen LogP contribution in [0.25, 0.3) is 0 Å². The summed E-state index contributed by atoms with van der Waals surface area (Å²) in [5, 5.41) is 10.2. The third-order valence-corrected chi connectivity index (χ3v) is 5.13. The molecule has 20 heavy (non-hydrogen) atoms. The maximum atomic E-state index is 10.2. The second kappa shape index (κ2) is 7.77. The van der Waals surface area contributed by atoms with Crippen LogP contribution in [0.5, 0.6) is 0 Å². The zero-order chi connectivity index (χ0) is 14.5. The van der Waals surface area contributed by atoms with Gasteiger partial charge in [0, 0.05) is 6.54 Å². The Morgan fingerprint density at radius 3 is 2.55 bits per heavy atom. The molecule has 4 unspecified atom stereocenters. The molecule has 2 rings (SSSR count). The van der Waals surface area contributed by atoms with E-state index in [4.69, 9.17) is 4.74 Å². The van der Waals surface area contributed by atoms with Crippen molar-refractivity contribution < 1.29 is 9.84 Å². The molecule has 0 aromatic heterocycles. The minimum absolute atomic E-state index is 0.321. The molecule has 0 amide bonds. The predicted octanol–water partition coefficient (Wildman–Crippen LogP) is 2.92. The van der Waals surface area contributed by atoms with Gasteiger partial charge in [0.1, 0.15) is 0 Å². The standard InChI is InChI=1S/C17H33NO2/c1-13(2)16-7-6-14(3)10-17(16)20-12-15(19)11-18-8-4-5-9-18/h13-17,19H,4-12H2,1-3H3. The van der Waals surface area contributed by atoms with Crippen molar-refractivity contribution >= 4 is 0 Å². The number of hydrogen-bond donors (Lipinski definition) is 1. The maximum Gasteiger partial charge on any atom is 0.0900 e. The lowest BCUT2D eigenvalue weighted by molar-refractivity contribution is -0.0730. The van der Waals surface area contributed by atoms with Crippen LogP contribution >= 0.6 is 0 Å². The van der Waals surface area contributed by atoms with Gasteiger partial charge in [-0.2, -0.15) is 0 Å². The summed E-state index contributed by atoms with van der Waals surface area (Å²) in [4.78, 5) is 2.36. The minimum atomic E-state index is -0.321. The zero-order valence-corrected chi connectivity index (χ0v) is 13.6. The summed E-state index contributed by atoms with van der Waals surface area (Å²) in [7, 11) is 0. The second-order valence-electron chi connectivity index (χ2n) is 7.36. The molecule has 0 radical (unpaired) electrons. The molecular weight excluding hydrogens is 250 g/mol. The summed E-state index contributed by atoms with van der Waals surface area (Å²) in [6.07, 6.45) is 6.38. The van der Waals surface area contributed by atoms with E-state index < -0.39 is 0 Å². The van der Waals surface area contributed by atoms with Crippen molar-refractivity contribution in [2.75, 3.05) is 26.2 Å². The predicted molar refractivity (Wildman–Crippen MR) is 82.8 cm³/mol. The van der Waals surface area contributed by atoms with Crippen molar-refractivity contribution in [3.63, 3.8) is 0 Å². The van der Waals surface area contributed by atoms with Gasteiger partial charge in [-0.15, -0.1) is 0 Å². The first kappa shape index (κ1) is 16.3. The first-order valence-electron chi connectivity index (χ1n) is 8.58. The van der Waals surface area contributed by atoms with E-state index in [2.05, 4.69) is 25.7 Å². The molecule has 1 saturated heterocycles. The second-order valence-corrected chi connectivity index (χ2v) is 7.36. The highest BCUT2D eigenvalue weighted by atomic mass is 16.5. The first-order valence-corrected chi connectivity index (χ1v) is 8.58. The third kappa shape index (κ3) is 4.71. The average molecular weight is 283 g/mol. The normalized spacial score (nSPS) is 33.8. The van der Waals surface area contributed by atoms with Crippen LogP contribution in [0.3, 0.4) is 0 Å². The summed E-state index contributed by atoms with van der Waals surface area (Å²) in [5.41, 5.74) is 0. The van der Waals surface area contributed by atoms with Crippen LogP contribution < -0.4 is 0 Å². The van der Waals surface area contributed by atoms with Gasteiger partial charge >= 0.3 is 0 Å². The largest absolute Gasteiger partial charge is 0.389 e. The molecule has 2 fully saturated rings. The van der Waals surface area contributed by atoms with Crippen LogP contribution in [0.15, 0.2) is 0 Å². The van der Waals surface area contributed by atoms with Crippen LogP contribution in [0.4, 0.5) is 0 Å². The van der Waals surface area contributed by atoms with Gasteiger partial charge in [0.25, 0.3) is 0 Å². The Bertz CT molecular complexity index is 276. The van der Waals surface area contributed by atoms with Crippen LogP contribution in [-0.4, -0.2) is 48.5 Å². The molecule has 0 spiro atoms. The maximum absolute atomic E-state index is 10.2. The topological polar surface area (TPSA) is 32.7 Å². The fourth-order valence-electron chi connectivity index (χ4n) is 3.86. The molecule has 1 aliphatic heterocycles. The number of β-amino-alcohol motifs (C(OH)–C–C–N with tert-alkyl or cyclic N) is 1. The molecule has 4 atom stereocenters. The molecule has 1 N–H and O–H groups in total. The van der Waals surface area contributed by atoms with E-state index >= 15 is 0 Å². The summed E-state index contributed by atoms with van der Waals surface area (Å²) < 4.78 is 6.12. The lowest BCUT2D eigenvalue weighted by Gasteiger charge is -2.37. The van der Waals surface area contributed by atoms with Crippen molar-refractivity contribution in [1.82, 2.24) is 4.90 Å². The summed E-state index contributed by atoms with van der Waals surface area (Å²) in [6.45, 7) is 10.5. The van der Waals surface area contributed by atoms with Gasteiger partial charge in [-0.3, -0.25) is 0 Å². The molecule has 0 aromatic rings. The van der Waals surface area contributed by atoms with Crippen LogP contribution in [0.2, 0.25) is 0 Å². The summed E-state index contributed by atoms with van der Waals surface area (Å²) in [6, 6.07) is 0. The molecule has 3 nitrogen and oxygen atoms in total. The quantitative estimate of drug-likeness (QED) is 0.813. The summed E-state index contributed by atoms with van der Waals surface area (Å²) >= 11 is 0. The Labute approximate surface area is 124 Å². The van der Waals surface area contributed by atoms with Gasteiger partial charge in [-0.1, -0.05) is 27.2 Å². The molecule has 0 bridgehead atoms. The Morgan fingerprint density at radius 1 is 1.20 bits per heavy atom. The lowest BCUT2D eigenvalue weighted by Crippen LogP contribution is -2.38. The minimum Gasteiger partial charge on any atom is -0.389 e. The van der Waals surface area contributed by atoms with Crippen LogP contribution in [0.1, 0.15) is 52.9 Å². The third-order valence-electron chi connectivity index (χ3n) is 5.13. The Balaban J connectivity index is 1.74. The SMILES string of the molecule is CC1CCC(C(C)C)C(OCC(O)CN2CCCC2)C1. The zero-order valence-electron chi connectivity index (χ0n) is 13.6. The molecule has 1 aliphatic carbocycles. The van der Waals surface area contributed by atoms with Crippen molar-refractivity contribution in [1.29, 1.82) is 0 Å². The average Bonchev–Trinajstić information content (AvgIpc) is 2.89. The van der Waals surface area contributed by atoms with Crippen molar-refractivity contribution in [2.24, 2.45) is 17.8 Å². The van der Waals surface area contributed by atoms with Gasteiger partial charge in [0.2, 0.25) is 0 Å². The molecular formula is C17H33NO2. The van der Waals surface area contributed by atoms with Crippen molar-refractivity contribution in [3.8, 4) is 0 Å². The smallest absolute Gasteiger partial charge is 0.0900 e. The number of rotatable bonds is 6. The highest BCUT2D eigenvalue weighted by molar-refractivity contribution is 4.82. The van der Waals surface area contributed by atoms with Crippen LogP contribution in [0, 0.1) is 17.8 Å². The highest BCUT2D eigenvalue weighted by Crippen LogP contribution is 2.35. The van der Waals surface area contributed by atoms with E-state index in [9.17, 15) is 5.11 Å². The molecule has 1 heterocycles. The van der Waals surface area contributed by atoms with Gasteiger partial charge in [-0.25, -0.2) is 0 Å². The van der Waals surface area contributed by atoms with Crippen molar-refractivity contribution in [3.05, 3.63) is 0 Å². The molecule has 3 heteroatoms. The van der Waals surface area contributed by atoms with E-state index in [0.717, 1.165) is 25.6 Å². The molecule has 0 aromatic carbocycles. The van der Waals surface area contributed by atoms with Crippen LogP contribution in [-0.2, 0) is 4.74 Å². The monoisotopic (exact) mass is 283 g/mol. The van der Waals surface area contributed by atoms with Crippen molar-refractivity contribution in [2.45, 2.75) is 65.1 Å². The fourth-order valence-corrected chi connectivity index (χ4v) is 3.86. The number of likely N-dealkylation sites (tertiary alicyclic amines) is 1. The van der Waals surface area contributed by atoms with E-state index in [1.165, 1.54) is 32.1 Å². The Hall–Kier alpha value is -0.120. The van der Waals surface area contributed by atoms with Gasteiger partial charge < -0.3 is 14.7 Å². The van der Waals surface area contributed by atoms with Gasteiger partial charge in [-0.05, 0) is 56.5 Å². The number of nitrogens with zero attached hydrogens (tertiary/aromatic N) is 1. The number of aliphatic hydroxyl groups is 1. The molecule has 118 valence electrons. The van der Waals surface area contributed by atoms with E-state index in [1.54, 1.807) is 0 Å². The van der Waals surface area contributed by atoms with Gasteiger partial charge in [0.15, 0.2) is 0 Å². The van der Waals surface area contributed by atoms with E-state index in [0.29, 0.717) is 24.5 Å². The first-order chi connectivity index (χ1) is 9.56. The lowest BCUT2D eigenvalue weighted by atomic mass is 9.75. The highest BCUT2D eigenvalue weighted by Gasteiger charge is 2.31.